The standard InChI is InChI=1S/C10H13N5/c1-11-10-13-7-12-8-15(10)14-9-5-3-2-4-6-9/h2-7,14H,8H2,1H3,(H,11,12,13). The summed E-state index contributed by atoms with van der Waals surface area (Å²) >= 11 is 0. The zero-order valence-corrected chi connectivity index (χ0v) is 8.51. The molecule has 0 fully saturated rings. The van der Waals surface area contributed by atoms with E-state index in [0.717, 1.165) is 11.6 Å². The molecule has 5 heteroatoms. The first-order chi connectivity index (χ1) is 7.40. The van der Waals surface area contributed by atoms with Gasteiger partial charge >= 0.3 is 0 Å². The van der Waals surface area contributed by atoms with Gasteiger partial charge in [-0.2, -0.15) is 0 Å². The zero-order valence-electron chi connectivity index (χ0n) is 8.51. The normalized spacial score (nSPS) is 17.7. The van der Waals surface area contributed by atoms with Gasteiger partial charge in [-0.3, -0.25) is 15.4 Å². The summed E-state index contributed by atoms with van der Waals surface area (Å²) in [6.07, 6.45) is 1.64. The van der Waals surface area contributed by atoms with Crippen molar-refractivity contribution in [3.8, 4) is 0 Å². The van der Waals surface area contributed by atoms with Crippen molar-refractivity contribution in [3.05, 3.63) is 30.3 Å². The lowest BCUT2D eigenvalue weighted by atomic mass is 10.3. The Kier molecular flexibility index (Phi) is 2.82. The zero-order chi connectivity index (χ0) is 10.5. The lowest BCUT2D eigenvalue weighted by Crippen LogP contribution is -2.47. The fourth-order valence-corrected chi connectivity index (χ4v) is 1.31. The highest BCUT2D eigenvalue weighted by molar-refractivity contribution is 5.92. The first-order valence-corrected chi connectivity index (χ1v) is 4.71. The third-order valence-electron chi connectivity index (χ3n) is 2.01. The fraction of sp³-hybridized carbons (Fsp3) is 0.200. The number of guanidine groups is 1. The van der Waals surface area contributed by atoms with E-state index in [-0.39, 0.29) is 0 Å². The van der Waals surface area contributed by atoms with E-state index in [1.54, 1.807) is 13.4 Å². The van der Waals surface area contributed by atoms with Gasteiger partial charge in [0.15, 0.2) is 0 Å². The number of hydrogen-bond acceptors (Lipinski definition) is 3. The quantitative estimate of drug-likeness (QED) is 0.750. The average molecular weight is 203 g/mol. The van der Waals surface area contributed by atoms with Crippen LogP contribution < -0.4 is 10.7 Å². The lowest BCUT2D eigenvalue weighted by molar-refractivity contribution is 0.491. The van der Waals surface area contributed by atoms with Gasteiger partial charge in [0.1, 0.15) is 6.67 Å². The number of para-hydroxylation sites is 1. The maximum Gasteiger partial charge on any atom is 0.219 e. The van der Waals surface area contributed by atoms with Crippen LogP contribution in [0.4, 0.5) is 5.69 Å². The van der Waals surface area contributed by atoms with Crippen LogP contribution in [0.1, 0.15) is 0 Å². The smallest absolute Gasteiger partial charge is 0.219 e. The third-order valence-corrected chi connectivity index (χ3v) is 2.01. The van der Waals surface area contributed by atoms with Crippen LogP contribution in [-0.4, -0.2) is 31.0 Å². The van der Waals surface area contributed by atoms with Crippen molar-refractivity contribution >= 4 is 18.0 Å². The largest absolute Gasteiger partial charge is 0.316 e. The molecule has 5 nitrogen and oxygen atoms in total. The molecule has 0 unspecified atom stereocenters. The first kappa shape index (κ1) is 9.51. The molecule has 1 aliphatic heterocycles. The second kappa shape index (κ2) is 4.45. The van der Waals surface area contributed by atoms with Crippen LogP contribution in [0.3, 0.4) is 0 Å². The van der Waals surface area contributed by atoms with Crippen molar-refractivity contribution in [2.24, 2.45) is 9.98 Å². The first-order valence-electron chi connectivity index (χ1n) is 4.71. The van der Waals surface area contributed by atoms with Crippen molar-refractivity contribution in [2.75, 3.05) is 19.1 Å². The van der Waals surface area contributed by atoms with Gasteiger partial charge < -0.3 is 5.32 Å². The summed E-state index contributed by atoms with van der Waals surface area (Å²) in [5, 5.41) is 4.80. The van der Waals surface area contributed by atoms with Gasteiger partial charge in [0.25, 0.3) is 0 Å². The lowest BCUT2D eigenvalue weighted by Gasteiger charge is -2.27. The molecule has 78 valence electrons. The summed E-state index contributed by atoms with van der Waals surface area (Å²) in [6.45, 7) is 0.550. The molecule has 0 saturated carbocycles. The second-order valence-corrected chi connectivity index (χ2v) is 3.05. The minimum atomic E-state index is 0.550. The van der Waals surface area contributed by atoms with Gasteiger partial charge in [-0.1, -0.05) is 18.2 Å². The Morgan fingerprint density at radius 1 is 1.40 bits per heavy atom. The molecule has 1 heterocycles. The van der Waals surface area contributed by atoms with Crippen molar-refractivity contribution < 1.29 is 0 Å². The molecule has 15 heavy (non-hydrogen) atoms. The summed E-state index contributed by atoms with van der Waals surface area (Å²) in [5.41, 5.74) is 4.22. The van der Waals surface area contributed by atoms with E-state index >= 15 is 0 Å². The van der Waals surface area contributed by atoms with Crippen molar-refractivity contribution in [1.29, 1.82) is 0 Å². The highest BCUT2D eigenvalue weighted by atomic mass is 15.6. The molecule has 0 saturated heterocycles. The summed E-state index contributed by atoms with van der Waals surface area (Å²) in [5.74, 6) is 0.758. The Labute approximate surface area is 88.5 Å². The molecule has 0 atom stereocenters. The van der Waals surface area contributed by atoms with Crippen LogP contribution in [0.2, 0.25) is 0 Å². The van der Waals surface area contributed by atoms with Crippen molar-refractivity contribution in [2.45, 2.75) is 0 Å². The van der Waals surface area contributed by atoms with E-state index < -0.39 is 0 Å². The van der Waals surface area contributed by atoms with Crippen molar-refractivity contribution in [3.63, 3.8) is 0 Å². The molecule has 2 N–H and O–H groups in total. The van der Waals surface area contributed by atoms with Crippen LogP contribution in [0.25, 0.3) is 0 Å². The van der Waals surface area contributed by atoms with E-state index in [4.69, 9.17) is 0 Å². The monoisotopic (exact) mass is 203 g/mol. The van der Waals surface area contributed by atoms with E-state index in [2.05, 4.69) is 20.7 Å². The molecule has 1 aromatic carbocycles. The highest BCUT2D eigenvalue weighted by Crippen LogP contribution is 2.07. The van der Waals surface area contributed by atoms with Gasteiger partial charge in [0, 0.05) is 7.05 Å². The number of rotatable bonds is 2. The van der Waals surface area contributed by atoms with Crippen LogP contribution in [0, 0.1) is 0 Å². The molecule has 0 aromatic heterocycles. The molecular formula is C10H13N5. The average Bonchev–Trinajstić information content (AvgIpc) is 2.31. The fourth-order valence-electron chi connectivity index (χ4n) is 1.31. The van der Waals surface area contributed by atoms with Crippen LogP contribution in [0.15, 0.2) is 40.3 Å². The number of nitrogens with one attached hydrogen (secondary N) is 2. The van der Waals surface area contributed by atoms with E-state index in [0.29, 0.717) is 6.67 Å². The van der Waals surface area contributed by atoms with E-state index in [9.17, 15) is 0 Å². The van der Waals surface area contributed by atoms with Gasteiger partial charge in [-0.05, 0) is 12.1 Å². The molecule has 0 amide bonds. The Hall–Kier alpha value is -2.04. The predicted molar refractivity (Wildman–Crippen MR) is 61.8 cm³/mol. The van der Waals surface area contributed by atoms with E-state index in [1.807, 2.05) is 35.3 Å². The number of benzene rings is 1. The molecule has 1 aromatic rings. The Morgan fingerprint density at radius 2 is 2.20 bits per heavy atom. The number of aliphatic imine (C=N–C) groups is 2. The topological polar surface area (TPSA) is 52.0 Å². The minimum absolute atomic E-state index is 0.550. The number of anilines is 1. The predicted octanol–water partition coefficient (Wildman–Crippen LogP) is 0.890. The SMILES string of the molecule is CN=C1NC=NCN1Nc1ccccc1. The molecule has 0 aliphatic carbocycles. The van der Waals surface area contributed by atoms with Gasteiger partial charge in [0.2, 0.25) is 5.96 Å². The van der Waals surface area contributed by atoms with Crippen LogP contribution in [0.5, 0.6) is 0 Å². The number of hydrazine groups is 1. The summed E-state index contributed by atoms with van der Waals surface area (Å²) in [4.78, 5) is 8.20. The van der Waals surface area contributed by atoms with Gasteiger partial charge in [-0.25, -0.2) is 5.01 Å². The number of hydrogen-bond donors (Lipinski definition) is 2. The van der Waals surface area contributed by atoms with Crippen LogP contribution >= 0.6 is 0 Å². The maximum absolute atomic E-state index is 4.10. The Morgan fingerprint density at radius 3 is 2.93 bits per heavy atom. The third kappa shape index (κ3) is 2.25. The highest BCUT2D eigenvalue weighted by Gasteiger charge is 2.11. The van der Waals surface area contributed by atoms with Gasteiger partial charge in [-0.15, -0.1) is 0 Å². The molecule has 2 rings (SSSR count). The molecular weight excluding hydrogens is 190 g/mol. The summed E-state index contributed by atoms with van der Waals surface area (Å²) < 4.78 is 0. The number of nitrogens with zero attached hydrogens (tertiary/aromatic N) is 3. The Balaban J connectivity index is 2.08. The Bertz CT molecular complexity index is 371. The molecule has 0 spiro atoms. The molecule has 1 aliphatic rings. The van der Waals surface area contributed by atoms with Crippen LogP contribution in [-0.2, 0) is 0 Å². The molecule has 0 bridgehead atoms. The van der Waals surface area contributed by atoms with Crippen molar-refractivity contribution in [1.82, 2.24) is 10.3 Å². The minimum Gasteiger partial charge on any atom is -0.316 e. The second-order valence-electron chi connectivity index (χ2n) is 3.05. The van der Waals surface area contributed by atoms with Gasteiger partial charge in [0.05, 0.1) is 12.0 Å². The maximum atomic E-state index is 4.10. The summed E-state index contributed by atoms with van der Waals surface area (Å²) in [7, 11) is 1.74. The molecule has 0 radical (unpaired) electrons. The van der Waals surface area contributed by atoms with E-state index in [1.165, 1.54) is 0 Å². The summed E-state index contributed by atoms with van der Waals surface area (Å²) in [6, 6.07) is 9.92.